The van der Waals surface area contributed by atoms with Crippen molar-refractivity contribution in [3.63, 3.8) is 0 Å². The lowest BCUT2D eigenvalue weighted by atomic mass is 10.1. The molecule has 1 amide bonds. The summed E-state index contributed by atoms with van der Waals surface area (Å²) >= 11 is 0. The fourth-order valence-electron chi connectivity index (χ4n) is 2.97. The molecule has 0 bridgehead atoms. The third-order valence-corrected chi connectivity index (χ3v) is 3.98. The smallest absolute Gasteiger partial charge is 0.266 e. The quantitative estimate of drug-likeness (QED) is 0.664. The highest BCUT2D eigenvalue weighted by Gasteiger charge is 2.14. The molecule has 1 aromatic heterocycles. The van der Waals surface area contributed by atoms with Crippen LogP contribution >= 0.6 is 0 Å². The van der Waals surface area contributed by atoms with Gasteiger partial charge in [-0.05, 0) is 70.0 Å². The molecular weight excluding hydrogens is 298 g/mol. The van der Waals surface area contributed by atoms with Crippen molar-refractivity contribution in [3.05, 3.63) is 58.4 Å². The van der Waals surface area contributed by atoms with Crippen LogP contribution in [0.3, 0.4) is 0 Å². The second-order valence-electron chi connectivity index (χ2n) is 6.28. The fraction of sp³-hybridized carbons (Fsp3) is 0.300. The van der Waals surface area contributed by atoms with Crippen LogP contribution in [-0.4, -0.2) is 10.5 Å². The molecule has 0 aliphatic carbocycles. The van der Waals surface area contributed by atoms with Crippen LogP contribution in [0.2, 0.25) is 0 Å². The van der Waals surface area contributed by atoms with E-state index in [1.807, 2.05) is 57.2 Å². The van der Waals surface area contributed by atoms with Gasteiger partial charge in [0.25, 0.3) is 5.91 Å². The number of nitriles is 1. The molecule has 4 heteroatoms. The number of amides is 1. The number of nitrogens with one attached hydrogen (secondary N) is 1. The Morgan fingerprint density at radius 1 is 1.25 bits per heavy atom. The Balaban J connectivity index is 2.31. The lowest BCUT2D eigenvalue weighted by molar-refractivity contribution is -0.112. The topological polar surface area (TPSA) is 57.8 Å². The number of rotatable bonds is 4. The highest BCUT2D eigenvalue weighted by molar-refractivity contribution is 6.09. The van der Waals surface area contributed by atoms with Crippen molar-refractivity contribution >= 4 is 17.7 Å². The standard InChI is InChI=1S/C20H23N3O/c1-13(2)23-15(4)10-17(16(23)5)11-18(12-21)20(24)22-19-8-6-7-14(3)9-19/h6-11,13H,1-5H3,(H,22,24)/b18-11+. The maximum atomic E-state index is 12.4. The van der Waals surface area contributed by atoms with Crippen molar-refractivity contribution in [3.8, 4) is 6.07 Å². The Morgan fingerprint density at radius 3 is 2.50 bits per heavy atom. The Morgan fingerprint density at radius 2 is 1.96 bits per heavy atom. The summed E-state index contributed by atoms with van der Waals surface area (Å²) in [5, 5.41) is 12.2. The van der Waals surface area contributed by atoms with Gasteiger partial charge < -0.3 is 9.88 Å². The van der Waals surface area contributed by atoms with Crippen LogP contribution in [0.25, 0.3) is 6.08 Å². The first-order chi connectivity index (χ1) is 11.3. The van der Waals surface area contributed by atoms with Crippen LogP contribution in [-0.2, 0) is 4.79 Å². The number of anilines is 1. The van der Waals surface area contributed by atoms with Gasteiger partial charge in [0, 0.05) is 23.1 Å². The highest BCUT2D eigenvalue weighted by Crippen LogP contribution is 2.22. The minimum atomic E-state index is -0.391. The summed E-state index contributed by atoms with van der Waals surface area (Å²) in [6, 6.07) is 11.9. The summed E-state index contributed by atoms with van der Waals surface area (Å²) in [6.45, 7) is 10.2. The zero-order valence-corrected chi connectivity index (χ0v) is 14.8. The monoisotopic (exact) mass is 321 g/mol. The van der Waals surface area contributed by atoms with Crippen molar-refractivity contribution in [2.24, 2.45) is 0 Å². The summed E-state index contributed by atoms with van der Waals surface area (Å²) in [6.07, 6.45) is 1.66. The third kappa shape index (κ3) is 3.75. The molecule has 2 rings (SSSR count). The molecule has 0 unspecified atom stereocenters. The van der Waals surface area contributed by atoms with Gasteiger partial charge >= 0.3 is 0 Å². The zero-order chi connectivity index (χ0) is 17.9. The lowest BCUT2D eigenvalue weighted by Gasteiger charge is -2.13. The van der Waals surface area contributed by atoms with Crippen molar-refractivity contribution in [1.82, 2.24) is 4.57 Å². The first-order valence-electron chi connectivity index (χ1n) is 8.01. The molecule has 0 fully saturated rings. The molecule has 0 radical (unpaired) electrons. The number of carbonyl (C=O) groups is 1. The maximum absolute atomic E-state index is 12.4. The molecule has 0 atom stereocenters. The van der Waals surface area contributed by atoms with E-state index in [1.54, 1.807) is 6.08 Å². The van der Waals surface area contributed by atoms with Crippen LogP contribution in [0.5, 0.6) is 0 Å². The number of benzene rings is 1. The Bertz CT molecular complexity index is 835. The second kappa shape index (κ2) is 7.18. The summed E-state index contributed by atoms with van der Waals surface area (Å²) in [5.41, 5.74) is 4.91. The minimum absolute atomic E-state index is 0.0977. The molecule has 1 N–H and O–H groups in total. The second-order valence-corrected chi connectivity index (χ2v) is 6.28. The fourth-order valence-corrected chi connectivity index (χ4v) is 2.97. The van der Waals surface area contributed by atoms with E-state index in [1.165, 1.54) is 0 Å². The largest absolute Gasteiger partial charge is 0.346 e. The summed E-state index contributed by atoms with van der Waals surface area (Å²) in [7, 11) is 0. The Labute approximate surface area is 143 Å². The maximum Gasteiger partial charge on any atom is 0.266 e. The first kappa shape index (κ1) is 17.6. The van der Waals surface area contributed by atoms with Crippen molar-refractivity contribution < 1.29 is 4.79 Å². The van der Waals surface area contributed by atoms with Crippen LogP contribution in [0.15, 0.2) is 35.9 Å². The average Bonchev–Trinajstić information content (AvgIpc) is 2.78. The number of aryl methyl sites for hydroxylation is 2. The molecule has 0 spiro atoms. The van der Waals surface area contributed by atoms with Crippen molar-refractivity contribution in [2.75, 3.05) is 5.32 Å². The Kier molecular flexibility index (Phi) is 5.25. The molecule has 0 saturated heterocycles. The van der Waals surface area contributed by atoms with Gasteiger partial charge in [-0.25, -0.2) is 0 Å². The molecule has 1 heterocycles. The number of aromatic nitrogens is 1. The van der Waals surface area contributed by atoms with Gasteiger partial charge in [-0.2, -0.15) is 5.26 Å². The van der Waals surface area contributed by atoms with Gasteiger partial charge in [0.05, 0.1) is 0 Å². The predicted octanol–water partition coefficient (Wildman–Crippen LogP) is 4.54. The molecule has 1 aromatic carbocycles. The Hall–Kier alpha value is -2.80. The van der Waals surface area contributed by atoms with E-state index in [9.17, 15) is 10.1 Å². The first-order valence-corrected chi connectivity index (χ1v) is 8.01. The molecule has 0 aliphatic rings. The van der Waals surface area contributed by atoms with Gasteiger partial charge in [0.2, 0.25) is 0 Å². The average molecular weight is 321 g/mol. The van der Waals surface area contributed by atoms with Crippen LogP contribution in [0.1, 0.15) is 42.4 Å². The van der Waals surface area contributed by atoms with Crippen molar-refractivity contribution in [1.29, 1.82) is 5.26 Å². The number of hydrogen-bond donors (Lipinski definition) is 1. The number of carbonyl (C=O) groups excluding carboxylic acids is 1. The van der Waals surface area contributed by atoms with E-state index in [4.69, 9.17) is 0 Å². The normalized spacial score (nSPS) is 11.5. The highest BCUT2D eigenvalue weighted by atomic mass is 16.1. The van der Waals surface area contributed by atoms with E-state index in [0.717, 1.165) is 22.5 Å². The van der Waals surface area contributed by atoms with E-state index in [0.29, 0.717) is 11.7 Å². The van der Waals surface area contributed by atoms with Crippen LogP contribution in [0.4, 0.5) is 5.69 Å². The van der Waals surface area contributed by atoms with Gasteiger partial charge in [-0.3, -0.25) is 4.79 Å². The molecule has 2 aromatic rings. The summed E-state index contributed by atoms with van der Waals surface area (Å²) in [4.78, 5) is 12.4. The summed E-state index contributed by atoms with van der Waals surface area (Å²) < 4.78 is 2.19. The van der Waals surface area contributed by atoms with Gasteiger partial charge in [-0.1, -0.05) is 12.1 Å². The van der Waals surface area contributed by atoms with Gasteiger partial charge in [-0.15, -0.1) is 0 Å². The lowest BCUT2D eigenvalue weighted by Crippen LogP contribution is -2.13. The summed E-state index contributed by atoms with van der Waals surface area (Å²) in [5.74, 6) is -0.391. The third-order valence-electron chi connectivity index (χ3n) is 3.98. The molecule has 4 nitrogen and oxygen atoms in total. The van der Waals surface area contributed by atoms with Gasteiger partial charge in [0.15, 0.2) is 0 Å². The molecular formula is C20H23N3O. The molecule has 0 aliphatic heterocycles. The molecule has 124 valence electrons. The van der Waals surface area contributed by atoms with E-state index >= 15 is 0 Å². The van der Waals surface area contributed by atoms with E-state index in [2.05, 4.69) is 23.7 Å². The SMILES string of the molecule is Cc1cccc(NC(=O)/C(C#N)=C/c2cc(C)n(C(C)C)c2C)c1. The minimum Gasteiger partial charge on any atom is -0.346 e. The molecule has 0 saturated carbocycles. The molecule has 24 heavy (non-hydrogen) atoms. The van der Waals surface area contributed by atoms with Gasteiger partial charge in [0.1, 0.15) is 11.6 Å². The van der Waals surface area contributed by atoms with Crippen LogP contribution < -0.4 is 5.32 Å². The number of nitrogens with zero attached hydrogens (tertiary/aromatic N) is 2. The number of hydrogen-bond acceptors (Lipinski definition) is 2. The zero-order valence-electron chi connectivity index (χ0n) is 14.8. The van der Waals surface area contributed by atoms with Crippen molar-refractivity contribution in [2.45, 2.75) is 40.7 Å². The van der Waals surface area contributed by atoms with E-state index in [-0.39, 0.29) is 5.57 Å². The predicted molar refractivity (Wildman–Crippen MR) is 97.7 cm³/mol. The van der Waals surface area contributed by atoms with E-state index < -0.39 is 5.91 Å². The van der Waals surface area contributed by atoms with Crippen LogP contribution in [0, 0.1) is 32.1 Å².